The second kappa shape index (κ2) is 9.43. The van der Waals surface area contributed by atoms with Crippen molar-refractivity contribution in [2.45, 2.75) is 44.8 Å². The fourth-order valence-corrected chi connectivity index (χ4v) is 4.81. The van der Waals surface area contributed by atoms with Crippen LogP contribution >= 0.6 is 0 Å². The molecule has 1 aliphatic carbocycles. The molecular formula is C24H22F3N9O2. The van der Waals surface area contributed by atoms with Crippen molar-refractivity contribution in [1.29, 1.82) is 0 Å². The van der Waals surface area contributed by atoms with Gasteiger partial charge >= 0.3 is 6.36 Å². The predicted octanol–water partition coefficient (Wildman–Crippen LogP) is 2.52. The summed E-state index contributed by atoms with van der Waals surface area (Å²) >= 11 is 0. The first-order chi connectivity index (χ1) is 18.3. The number of halogens is 3. The van der Waals surface area contributed by atoms with Gasteiger partial charge in [0.2, 0.25) is 17.7 Å². The zero-order valence-corrected chi connectivity index (χ0v) is 19.9. The normalized spacial score (nSPS) is 15.3. The van der Waals surface area contributed by atoms with Gasteiger partial charge in [0.25, 0.3) is 0 Å². The maximum atomic E-state index is 13.1. The van der Waals surface area contributed by atoms with Crippen LogP contribution in [0.4, 0.5) is 19.1 Å². The molecule has 38 heavy (non-hydrogen) atoms. The minimum absolute atomic E-state index is 0.0207. The molecule has 0 bridgehead atoms. The van der Waals surface area contributed by atoms with Crippen LogP contribution in [0.2, 0.25) is 0 Å². The maximum Gasteiger partial charge on any atom is 0.574 e. The van der Waals surface area contributed by atoms with Gasteiger partial charge in [0, 0.05) is 43.2 Å². The van der Waals surface area contributed by atoms with Crippen LogP contribution in [0.1, 0.15) is 22.5 Å². The Morgan fingerprint density at radius 1 is 1.11 bits per heavy atom. The standard InChI is InChI=1S/C24H22F3N9O2/c25-24(26,27)38-22-18(11-36(33-22)13-21(37)35-6-5-19-20(12-35)32-34-31-19)16-9-28-23(29-10-16)30-17-7-14-3-1-2-4-15(14)8-17/h1-4,9-11,17H,5-8,12-13H2,(H,28,29,30)(H,31,32,34). The topological polar surface area (TPSA) is 127 Å². The number of ether oxygens (including phenoxy) is 1. The van der Waals surface area contributed by atoms with Gasteiger partial charge in [-0.25, -0.2) is 9.97 Å². The lowest BCUT2D eigenvalue weighted by Gasteiger charge is -2.25. The Balaban J connectivity index is 1.17. The molecule has 0 unspecified atom stereocenters. The number of H-pyrrole nitrogens is 1. The first-order valence-corrected chi connectivity index (χ1v) is 12.0. The molecule has 1 aliphatic heterocycles. The van der Waals surface area contributed by atoms with Crippen LogP contribution in [0.5, 0.6) is 5.88 Å². The zero-order chi connectivity index (χ0) is 26.3. The van der Waals surface area contributed by atoms with E-state index in [9.17, 15) is 18.0 Å². The summed E-state index contributed by atoms with van der Waals surface area (Å²) in [5, 5.41) is 17.8. The number of amides is 1. The van der Waals surface area contributed by atoms with Crippen molar-refractivity contribution in [3.05, 3.63) is 65.4 Å². The molecule has 4 heterocycles. The smallest absolute Gasteiger partial charge is 0.386 e. The van der Waals surface area contributed by atoms with E-state index in [4.69, 9.17) is 0 Å². The third-order valence-corrected chi connectivity index (χ3v) is 6.60. The first-order valence-electron chi connectivity index (χ1n) is 12.0. The summed E-state index contributed by atoms with van der Waals surface area (Å²) in [7, 11) is 0. The SMILES string of the molecule is O=C(Cn1cc(-c2cnc(NC3Cc4ccccc4C3)nc2)c(OC(F)(F)F)n1)N1CCc2n[nH]nc2C1. The summed E-state index contributed by atoms with van der Waals surface area (Å²) in [6.45, 7) is 0.413. The number of hydrogen-bond donors (Lipinski definition) is 2. The van der Waals surface area contributed by atoms with Crippen LogP contribution in [0.3, 0.4) is 0 Å². The molecule has 0 radical (unpaired) electrons. The molecule has 2 aliphatic rings. The molecule has 196 valence electrons. The molecule has 1 amide bonds. The molecule has 0 atom stereocenters. The number of rotatable bonds is 6. The summed E-state index contributed by atoms with van der Waals surface area (Å²) in [5.41, 5.74) is 4.29. The zero-order valence-electron chi connectivity index (χ0n) is 19.9. The molecule has 11 nitrogen and oxygen atoms in total. The lowest BCUT2D eigenvalue weighted by Crippen LogP contribution is -2.38. The number of carbonyl (C=O) groups is 1. The summed E-state index contributed by atoms with van der Waals surface area (Å²) < 4.78 is 44.6. The Morgan fingerprint density at radius 2 is 1.82 bits per heavy atom. The first kappa shape index (κ1) is 23.9. The summed E-state index contributed by atoms with van der Waals surface area (Å²) in [4.78, 5) is 23.0. The Kier molecular flexibility index (Phi) is 5.93. The number of aromatic amines is 1. The number of carbonyl (C=O) groups excluding carboxylic acids is 1. The highest BCUT2D eigenvalue weighted by Crippen LogP contribution is 2.33. The van der Waals surface area contributed by atoms with E-state index in [1.54, 1.807) is 4.90 Å². The van der Waals surface area contributed by atoms with Crippen molar-refractivity contribution >= 4 is 11.9 Å². The number of nitrogens with one attached hydrogen (secondary N) is 2. The molecule has 14 heteroatoms. The highest BCUT2D eigenvalue weighted by atomic mass is 19.4. The lowest BCUT2D eigenvalue weighted by atomic mass is 10.1. The molecular weight excluding hydrogens is 503 g/mol. The second-order valence-corrected chi connectivity index (χ2v) is 9.19. The average molecular weight is 525 g/mol. The molecule has 0 spiro atoms. The van der Waals surface area contributed by atoms with Crippen LogP contribution in [-0.2, 0) is 37.1 Å². The van der Waals surface area contributed by atoms with Crippen molar-refractivity contribution in [2.24, 2.45) is 0 Å². The number of benzene rings is 1. The van der Waals surface area contributed by atoms with Crippen molar-refractivity contribution in [2.75, 3.05) is 11.9 Å². The van der Waals surface area contributed by atoms with Gasteiger partial charge in [-0.05, 0) is 24.0 Å². The van der Waals surface area contributed by atoms with Crippen molar-refractivity contribution in [3.63, 3.8) is 0 Å². The Morgan fingerprint density at radius 3 is 2.53 bits per heavy atom. The van der Waals surface area contributed by atoms with Crippen LogP contribution in [0, 0.1) is 0 Å². The Hall–Kier alpha value is -4.49. The monoisotopic (exact) mass is 525 g/mol. The number of aromatic nitrogens is 7. The molecule has 4 aromatic rings. The molecule has 6 rings (SSSR count). The van der Waals surface area contributed by atoms with Gasteiger partial charge in [-0.1, -0.05) is 24.3 Å². The average Bonchev–Trinajstić information content (AvgIpc) is 3.61. The van der Waals surface area contributed by atoms with E-state index in [2.05, 4.69) is 52.7 Å². The molecule has 0 fully saturated rings. The molecule has 2 N–H and O–H groups in total. The van der Waals surface area contributed by atoms with E-state index < -0.39 is 12.2 Å². The highest BCUT2D eigenvalue weighted by molar-refractivity contribution is 5.76. The lowest BCUT2D eigenvalue weighted by molar-refractivity contribution is -0.276. The third kappa shape index (κ3) is 5.01. The fourth-order valence-electron chi connectivity index (χ4n) is 4.81. The fraction of sp³-hybridized carbons (Fsp3) is 0.333. The minimum atomic E-state index is -4.96. The molecule has 3 aromatic heterocycles. The van der Waals surface area contributed by atoms with Gasteiger partial charge in [0.1, 0.15) is 12.2 Å². The Bertz CT molecular complexity index is 1440. The van der Waals surface area contributed by atoms with Crippen molar-refractivity contribution in [1.82, 2.24) is 40.1 Å². The van der Waals surface area contributed by atoms with E-state index in [0.29, 0.717) is 24.6 Å². The van der Waals surface area contributed by atoms with Crippen molar-refractivity contribution in [3.8, 4) is 17.0 Å². The highest BCUT2D eigenvalue weighted by Gasteiger charge is 2.34. The number of nitrogens with zero attached hydrogens (tertiary/aromatic N) is 7. The summed E-state index contributed by atoms with van der Waals surface area (Å²) in [6.07, 6.45) is 1.37. The molecule has 1 aromatic carbocycles. The van der Waals surface area contributed by atoms with Gasteiger partial charge in [0.05, 0.1) is 17.8 Å². The van der Waals surface area contributed by atoms with E-state index in [1.165, 1.54) is 29.7 Å². The van der Waals surface area contributed by atoms with E-state index in [0.717, 1.165) is 23.2 Å². The summed E-state index contributed by atoms with van der Waals surface area (Å²) in [6, 6.07) is 8.30. The Labute approximate surface area is 214 Å². The number of hydrogen-bond acceptors (Lipinski definition) is 8. The minimum Gasteiger partial charge on any atom is -0.386 e. The number of alkyl halides is 3. The molecule has 0 saturated heterocycles. The van der Waals surface area contributed by atoms with Crippen LogP contribution in [0.15, 0.2) is 42.9 Å². The van der Waals surface area contributed by atoms with Gasteiger partial charge in [-0.2, -0.15) is 15.4 Å². The van der Waals surface area contributed by atoms with E-state index >= 15 is 0 Å². The third-order valence-electron chi connectivity index (χ3n) is 6.60. The second-order valence-electron chi connectivity index (χ2n) is 9.19. The maximum absolute atomic E-state index is 13.1. The van der Waals surface area contributed by atoms with Gasteiger partial charge in [0.15, 0.2) is 0 Å². The largest absolute Gasteiger partial charge is 0.574 e. The van der Waals surface area contributed by atoms with Gasteiger partial charge < -0.3 is 15.0 Å². The summed E-state index contributed by atoms with van der Waals surface area (Å²) in [5.74, 6) is -0.636. The quantitative estimate of drug-likeness (QED) is 0.393. The van der Waals surface area contributed by atoms with Crippen LogP contribution in [0.25, 0.3) is 11.1 Å². The van der Waals surface area contributed by atoms with Crippen LogP contribution in [-0.4, -0.2) is 64.9 Å². The number of fused-ring (bicyclic) bond motifs is 2. The van der Waals surface area contributed by atoms with Crippen molar-refractivity contribution < 1.29 is 22.7 Å². The van der Waals surface area contributed by atoms with Gasteiger partial charge in [-0.3, -0.25) is 9.48 Å². The molecule has 0 saturated carbocycles. The van der Waals surface area contributed by atoms with E-state index in [1.807, 2.05) is 12.1 Å². The predicted molar refractivity (Wildman–Crippen MR) is 127 cm³/mol. The van der Waals surface area contributed by atoms with Gasteiger partial charge in [-0.15, -0.1) is 18.3 Å². The van der Waals surface area contributed by atoms with Crippen LogP contribution < -0.4 is 10.1 Å². The van der Waals surface area contributed by atoms with E-state index in [-0.39, 0.29) is 36.2 Å². The number of anilines is 1.